The number of rotatable bonds is 7. The van der Waals surface area contributed by atoms with Crippen LogP contribution in [-0.2, 0) is 9.53 Å². The van der Waals surface area contributed by atoms with Gasteiger partial charge in [-0.15, -0.1) is 0 Å². The summed E-state index contributed by atoms with van der Waals surface area (Å²) in [4.78, 5) is 23.4. The Balaban J connectivity index is 3.48. The van der Waals surface area contributed by atoms with E-state index in [9.17, 15) is 9.59 Å². The van der Waals surface area contributed by atoms with Crippen LogP contribution in [-0.4, -0.2) is 39.7 Å². The van der Waals surface area contributed by atoms with Crippen molar-refractivity contribution in [2.75, 3.05) is 27.9 Å². The highest BCUT2D eigenvalue weighted by atomic mass is 16.5. The van der Waals surface area contributed by atoms with Crippen LogP contribution < -0.4 is 14.2 Å². The van der Waals surface area contributed by atoms with Crippen LogP contribution in [0.3, 0.4) is 0 Å². The maximum atomic E-state index is 12.0. The van der Waals surface area contributed by atoms with E-state index in [2.05, 4.69) is 0 Å². The summed E-state index contributed by atoms with van der Waals surface area (Å²) in [6.45, 7) is 3.40. The van der Waals surface area contributed by atoms with Gasteiger partial charge in [-0.1, -0.05) is 0 Å². The summed E-state index contributed by atoms with van der Waals surface area (Å²) < 4.78 is 20.6. The van der Waals surface area contributed by atoms with Crippen molar-refractivity contribution in [3.8, 4) is 17.2 Å². The van der Waals surface area contributed by atoms with E-state index in [4.69, 9.17) is 18.9 Å². The molecule has 0 spiro atoms. The SMILES string of the molecule is CCOC(=O)/C=C/c1cc(OC)c(OC)c(OC)c1C(C)=O. The topological polar surface area (TPSA) is 71.1 Å². The highest BCUT2D eigenvalue weighted by Crippen LogP contribution is 2.42. The van der Waals surface area contributed by atoms with Gasteiger partial charge in [0.1, 0.15) is 0 Å². The highest BCUT2D eigenvalue weighted by molar-refractivity contribution is 6.03. The van der Waals surface area contributed by atoms with Gasteiger partial charge in [0, 0.05) is 6.08 Å². The van der Waals surface area contributed by atoms with Crippen molar-refractivity contribution >= 4 is 17.8 Å². The maximum absolute atomic E-state index is 12.0. The summed E-state index contributed by atoms with van der Waals surface area (Å²) >= 11 is 0. The van der Waals surface area contributed by atoms with Gasteiger partial charge in [0.25, 0.3) is 0 Å². The van der Waals surface area contributed by atoms with Gasteiger partial charge < -0.3 is 18.9 Å². The standard InChI is InChI=1S/C16H20O6/c1-6-22-13(18)8-7-11-9-12(19-3)15(20-4)16(21-5)14(11)10(2)17/h7-9H,6H2,1-5H3/b8-7+. The summed E-state index contributed by atoms with van der Waals surface area (Å²) in [6, 6.07) is 1.60. The molecule has 22 heavy (non-hydrogen) atoms. The quantitative estimate of drug-likeness (QED) is 0.438. The first-order valence-corrected chi connectivity index (χ1v) is 6.68. The van der Waals surface area contributed by atoms with E-state index in [1.54, 1.807) is 13.0 Å². The number of ether oxygens (including phenoxy) is 4. The molecule has 0 amide bonds. The van der Waals surface area contributed by atoms with Gasteiger partial charge in [-0.05, 0) is 31.6 Å². The van der Waals surface area contributed by atoms with E-state index in [0.717, 1.165) is 0 Å². The normalized spacial score (nSPS) is 10.4. The second-order valence-corrected chi connectivity index (χ2v) is 4.25. The van der Waals surface area contributed by atoms with Crippen molar-refractivity contribution in [3.05, 3.63) is 23.3 Å². The Labute approximate surface area is 129 Å². The van der Waals surface area contributed by atoms with Gasteiger partial charge in [-0.3, -0.25) is 4.79 Å². The Hall–Kier alpha value is -2.50. The van der Waals surface area contributed by atoms with Crippen LogP contribution >= 0.6 is 0 Å². The number of Topliss-reactive ketones (excluding diaryl/α,β-unsaturated/α-hetero) is 1. The third kappa shape index (κ3) is 3.78. The molecule has 6 nitrogen and oxygen atoms in total. The van der Waals surface area contributed by atoms with E-state index in [1.165, 1.54) is 40.4 Å². The van der Waals surface area contributed by atoms with Gasteiger partial charge in [0.2, 0.25) is 5.75 Å². The van der Waals surface area contributed by atoms with E-state index in [-0.39, 0.29) is 18.1 Å². The van der Waals surface area contributed by atoms with Crippen molar-refractivity contribution < 1.29 is 28.5 Å². The first kappa shape index (κ1) is 17.6. The lowest BCUT2D eigenvalue weighted by molar-refractivity contribution is -0.137. The van der Waals surface area contributed by atoms with Crippen LogP contribution in [0.4, 0.5) is 0 Å². The average molecular weight is 308 g/mol. The fourth-order valence-corrected chi connectivity index (χ4v) is 2.02. The Kier molecular flexibility index (Phi) is 6.44. The second-order valence-electron chi connectivity index (χ2n) is 4.25. The number of hydrogen-bond donors (Lipinski definition) is 0. The lowest BCUT2D eigenvalue weighted by atomic mass is 10.0. The molecule has 0 saturated heterocycles. The fraction of sp³-hybridized carbons (Fsp3) is 0.375. The minimum absolute atomic E-state index is 0.221. The number of esters is 1. The van der Waals surface area contributed by atoms with Crippen molar-refractivity contribution in [1.82, 2.24) is 0 Å². The summed E-state index contributed by atoms with van der Waals surface area (Å²) in [5.74, 6) is 0.265. The number of carbonyl (C=O) groups excluding carboxylic acids is 2. The van der Waals surface area contributed by atoms with E-state index in [1.807, 2.05) is 0 Å². The lowest BCUT2D eigenvalue weighted by Gasteiger charge is -2.16. The van der Waals surface area contributed by atoms with Crippen LogP contribution in [0, 0.1) is 0 Å². The Bertz CT molecular complexity index is 589. The minimum atomic E-state index is -0.495. The van der Waals surface area contributed by atoms with Crippen LogP contribution in [0.1, 0.15) is 29.8 Å². The largest absolute Gasteiger partial charge is 0.493 e. The first-order valence-electron chi connectivity index (χ1n) is 6.68. The van der Waals surface area contributed by atoms with Crippen LogP contribution in [0.5, 0.6) is 17.2 Å². The zero-order valence-corrected chi connectivity index (χ0v) is 13.4. The molecule has 120 valence electrons. The smallest absolute Gasteiger partial charge is 0.330 e. The highest BCUT2D eigenvalue weighted by Gasteiger charge is 2.22. The Morgan fingerprint density at radius 1 is 1.09 bits per heavy atom. The van der Waals surface area contributed by atoms with Gasteiger partial charge in [0.15, 0.2) is 17.3 Å². The summed E-state index contributed by atoms with van der Waals surface area (Å²) in [5, 5.41) is 0. The van der Waals surface area contributed by atoms with Crippen molar-refractivity contribution in [2.24, 2.45) is 0 Å². The zero-order valence-electron chi connectivity index (χ0n) is 13.4. The Morgan fingerprint density at radius 3 is 2.18 bits per heavy atom. The molecular weight excluding hydrogens is 288 g/mol. The molecule has 0 saturated carbocycles. The molecule has 0 unspecified atom stereocenters. The summed E-state index contributed by atoms with van der Waals surface area (Å²) in [6.07, 6.45) is 2.73. The molecule has 0 aliphatic heterocycles. The predicted molar refractivity (Wildman–Crippen MR) is 81.8 cm³/mol. The molecule has 0 heterocycles. The molecule has 0 fully saturated rings. The molecule has 1 rings (SSSR count). The van der Waals surface area contributed by atoms with Crippen molar-refractivity contribution in [1.29, 1.82) is 0 Å². The van der Waals surface area contributed by atoms with Crippen molar-refractivity contribution in [2.45, 2.75) is 13.8 Å². The molecule has 0 radical (unpaired) electrons. The van der Waals surface area contributed by atoms with Crippen molar-refractivity contribution in [3.63, 3.8) is 0 Å². The number of carbonyl (C=O) groups is 2. The molecule has 0 bridgehead atoms. The zero-order chi connectivity index (χ0) is 16.7. The first-order chi connectivity index (χ1) is 10.5. The lowest BCUT2D eigenvalue weighted by Crippen LogP contribution is -2.05. The monoisotopic (exact) mass is 308 g/mol. The van der Waals surface area contributed by atoms with E-state index >= 15 is 0 Å². The fourth-order valence-electron chi connectivity index (χ4n) is 2.02. The number of hydrogen-bond acceptors (Lipinski definition) is 6. The molecule has 0 aliphatic rings. The number of methoxy groups -OCH3 is 3. The summed E-state index contributed by atoms with van der Waals surface area (Å²) in [5.41, 5.74) is 0.788. The number of ketones is 1. The number of benzene rings is 1. The maximum Gasteiger partial charge on any atom is 0.330 e. The third-order valence-corrected chi connectivity index (χ3v) is 2.90. The average Bonchev–Trinajstić information content (AvgIpc) is 2.50. The van der Waals surface area contributed by atoms with E-state index in [0.29, 0.717) is 22.6 Å². The predicted octanol–water partition coefficient (Wildman–Crippen LogP) is 2.49. The third-order valence-electron chi connectivity index (χ3n) is 2.90. The molecule has 1 aromatic carbocycles. The molecule has 6 heteroatoms. The molecule has 0 aliphatic carbocycles. The molecule has 1 aromatic rings. The van der Waals surface area contributed by atoms with Gasteiger partial charge in [-0.2, -0.15) is 0 Å². The van der Waals surface area contributed by atoms with E-state index < -0.39 is 5.97 Å². The molecule has 0 atom stereocenters. The molecule has 0 N–H and O–H groups in total. The second kappa shape index (κ2) is 8.07. The summed E-state index contributed by atoms with van der Waals surface area (Å²) in [7, 11) is 4.37. The minimum Gasteiger partial charge on any atom is -0.493 e. The molecule has 0 aromatic heterocycles. The van der Waals surface area contributed by atoms with Crippen LogP contribution in [0.25, 0.3) is 6.08 Å². The van der Waals surface area contributed by atoms with Gasteiger partial charge in [0.05, 0.1) is 33.5 Å². The molecular formula is C16H20O6. The van der Waals surface area contributed by atoms with Gasteiger partial charge >= 0.3 is 5.97 Å². The van der Waals surface area contributed by atoms with Crippen LogP contribution in [0.15, 0.2) is 12.1 Å². The Morgan fingerprint density at radius 2 is 1.73 bits per heavy atom. The van der Waals surface area contributed by atoms with Gasteiger partial charge in [-0.25, -0.2) is 4.79 Å². The van der Waals surface area contributed by atoms with Crippen LogP contribution in [0.2, 0.25) is 0 Å².